The summed E-state index contributed by atoms with van der Waals surface area (Å²) in [6, 6.07) is 10.9. The quantitative estimate of drug-likeness (QED) is 0.939. The van der Waals surface area contributed by atoms with Crippen molar-refractivity contribution in [1.82, 2.24) is 15.2 Å². The summed E-state index contributed by atoms with van der Waals surface area (Å²) in [6.07, 6.45) is 6.02. The highest BCUT2D eigenvalue weighted by molar-refractivity contribution is 5.92. The number of nitrogens with one attached hydrogen (secondary N) is 1. The molecule has 2 aliphatic rings. The fraction of sp³-hybridized carbons (Fsp3) is 0.474. The fourth-order valence-corrected chi connectivity index (χ4v) is 4.21. The number of likely N-dealkylation sites (tertiary alicyclic amines) is 1. The first-order valence-electron chi connectivity index (χ1n) is 8.73. The molecule has 126 valence electrons. The number of carbonyl (C=O) groups is 1. The summed E-state index contributed by atoms with van der Waals surface area (Å²) in [5.41, 5.74) is 1.75. The number of aromatic nitrogens is 1. The van der Waals surface area contributed by atoms with E-state index in [1.54, 1.807) is 0 Å². The molecule has 2 fully saturated rings. The van der Waals surface area contributed by atoms with Crippen molar-refractivity contribution in [3.63, 3.8) is 0 Å². The summed E-state index contributed by atoms with van der Waals surface area (Å²) < 4.78 is 4.89. The van der Waals surface area contributed by atoms with E-state index in [2.05, 4.69) is 45.5 Å². The van der Waals surface area contributed by atoms with Crippen molar-refractivity contribution < 1.29 is 9.21 Å². The van der Waals surface area contributed by atoms with Crippen LogP contribution in [0, 0.1) is 11.8 Å². The average molecular weight is 325 g/mol. The van der Waals surface area contributed by atoms with Crippen molar-refractivity contribution in [3.05, 3.63) is 54.2 Å². The molecule has 4 rings (SSSR count). The smallest absolute Gasteiger partial charge is 0.273 e. The van der Waals surface area contributed by atoms with Gasteiger partial charge in [0.1, 0.15) is 6.26 Å². The molecule has 1 N–H and O–H groups in total. The third-order valence-corrected chi connectivity index (χ3v) is 5.37. The molecule has 5 nitrogen and oxygen atoms in total. The Bertz CT molecular complexity index is 671. The van der Waals surface area contributed by atoms with Crippen LogP contribution in [0.5, 0.6) is 0 Å². The monoisotopic (exact) mass is 325 g/mol. The standard InChI is InChI=1S/C19H23N3O2/c23-19(18-12-24-13-20-18)21-17-7-6-15-10-22(11-16(15)8-17)9-14-4-2-1-3-5-14/h1-5,12-13,15-17H,6-11H2,(H,21,23)/t15-,16+,17?/m1/s1. The molecule has 0 radical (unpaired) electrons. The second-order valence-corrected chi connectivity index (χ2v) is 7.06. The van der Waals surface area contributed by atoms with Crippen molar-refractivity contribution in [2.24, 2.45) is 11.8 Å². The van der Waals surface area contributed by atoms with Gasteiger partial charge in [-0.15, -0.1) is 0 Å². The van der Waals surface area contributed by atoms with Crippen LogP contribution in [0.3, 0.4) is 0 Å². The number of benzene rings is 1. The van der Waals surface area contributed by atoms with Gasteiger partial charge in [0, 0.05) is 25.7 Å². The summed E-state index contributed by atoms with van der Waals surface area (Å²) in [7, 11) is 0. The Hall–Kier alpha value is -2.14. The van der Waals surface area contributed by atoms with Crippen LogP contribution in [0.25, 0.3) is 0 Å². The van der Waals surface area contributed by atoms with Crippen molar-refractivity contribution >= 4 is 5.91 Å². The second kappa shape index (κ2) is 6.77. The fourth-order valence-electron chi connectivity index (χ4n) is 4.21. The summed E-state index contributed by atoms with van der Waals surface area (Å²) >= 11 is 0. The number of rotatable bonds is 4. The number of fused-ring (bicyclic) bond motifs is 1. The van der Waals surface area contributed by atoms with Crippen LogP contribution in [0.2, 0.25) is 0 Å². The van der Waals surface area contributed by atoms with E-state index < -0.39 is 0 Å². The van der Waals surface area contributed by atoms with Crippen molar-refractivity contribution in [2.75, 3.05) is 13.1 Å². The minimum absolute atomic E-state index is 0.119. The zero-order valence-electron chi connectivity index (χ0n) is 13.7. The van der Waals surface area contributed by atoms with Crippen molar-refractivity contribution in [2.45, 2.75) is 31.8 Å². The van der Waals surface area contributed by atoms with E-state index in [1.165, 1.54) is 31.2 Å². The molecule has 3 atom stereocenters. The van der Waals surface area contributed by atoms with E-state index in [1.807, 2.05) is 0 Å². The maximum Gasteiger partial charge on any atom is 0.273 e. The van der Waals surface area contributed by atoms with Gasteiger partial charge < -0.3 is 9.73 Å². The normalized spacial score (nSPS) is 26.9. The molecule has 24 heavy (non-hydrogen) atoms. The first-order valence-corrected chi connectivity index (χ1v) is 8.73. The number of carbonyl (C=O) groups excluding carboxylic acids is 1. The average Bonchev–Trinajstić information content (AvgIpc) is 3.24. The van der Waals surface area contributed by atoms with Gasteiger partial charge in [0.15, 0.2) is 12.1 Å². The Labute approximate surface area is 142 Å². The SMILES string of the molecule is O=C(NC1CC[C@@H]2CN(Cc3ccccc3)C[C@@H]2C1)c1cocn1. The Kier molecular flexibility index (Phi) is 4.34. The van der Waals surface area contributed by atoms with Gasteiger partial charge >= 0.3 is 0 Å². The van der Waals surface area contributed by atoms with Gasteiger partial charge in [-0.05, 0) is 36.7 Å². The Morgan fingerprint density at radius 1 is 1.21 bits per heavy atom. The number of hydrogen-bond donors (Lipinski definition) is 1. The van der Waals surface area contributed by atoms with Gasteiger partial charge in [0.05, 0.1) is 0 Å². The lowest BCUT2D eigenvalue weighted by Crippen LogP contribution is -2.40. The molecule has 1 aromatic heterocycles. The highest BCUT2D eigenvalue weighted by Crippen LogP contribution is 2.36. The highest BCUT2D eigenvalue weighted by atomic mass is 16.3. The molecule has 1 aromatic carbocycles. The maximum atomic E-state index is 12.1. The lowest BCUT2D eigenvalue weighted by atomic mass is 9.79. The van der Waals surface area contributed by atoms with E-state index in [-0.39, 0.29) is 11.9 Å². The Morgan fingerprint density at radius 2 is 2.04 bits per heavy atom. The molecular formula is C19H23N3O2. The van der Waals surface area contributed by atoms with Crippen LogP contribution >= 0.6 is 0 Å². The van der Waals surface area contributed by atoms with E-state index in [9.17, 15) is 4.79 Å². The molecule has 0 bridgehead atoms. The van der Waals surface area contributed by atoms with Crippen LogP contribution < -0.4 is 5.32 Å². The number of hydrogen-bond acceptors (Lipinski definition) is 4. The molecule has 1 aliphatic carbocycles. The lowest BCUT2D eigenvalue weighted by molar-refractivity contribution is 0.0908. The third-order valence-electron chi connectivity index (χ3n) is 5.37. The summed E-state index contributed by atoms with van der Waals surface area (Å²) in [4.78, 5) is 18.6. The number of nitrogens with zero attached hydrogens (tertiary/aromatic N) is 2. The van der Waals surface area contributed by atoms with Gasteiger partial charge in [-0.1, -0.05) is 30.3 Å². The first-order chi connectivity index (χ1) is 11.8. The van der Waals surface area contributed by atoms with Gasteiger partial charge in [0.25, 0.3) is 5.91 Å². The molecule has 2 aromatic rings. The van der Waals surface area contributed by atoms with Crippen molar-refractivity contribution in [1.29, 1.82) is 0 Å². The molecule has 1 saturated carbocycles. The molecule has 1 amide bonds. The number of oxazole rings is 1. The van der Waals surface area contributed by atoms with Crippen LogP contribution in [0.15, 0.2) is 47.4 Å². The maximum absolute atomic E-state index is 12.1. The highest BCUT2D eigenvalue weighted by Gasteiger charge is 2.38. The molecule has 5 heteroatoms. The first kappa shape index (κ1) is 15.4. The van der Waals surface area contributed by atoms with Gasteiger partial charge in [-0.25, -0.2) is 4.98 Å². The third kappa shape index (κ3) is 3.36. The minimum atomic E-state index is -0.119. The molecule has 1 saturated heterocycles. The Morgan fingerprint density at radius 3 is 2.83 bits per heavy atom. The minimum Gasteiger partial charge on any atom is -0.451 e. The van der Waals surface area contributed by atoms with Gasteiger partial charge in [-0.2, -0.15) is 0 Å². The molecule has 2 heterocycles. The van der Waals surface area contributed by atoms with E-state index in [0.717, 1.165) is 31.8 Å². The van der Waals surface area contributed by atoms with Crippen LogP contribution in [-0.4, -0.2) is 34.9 Å². The molecule has 0 spiro atoms. The largest absolute Gasteiger partial charge is 0.451 e. The number of amides is 1. The molecular weight excluding hydrogens is 302 g/mol. The molecule has 1 unspecified atom stereocenters. The zero-order valence-corrected chi connectivity index (χ0v) is 13.7. The predicted molar refractivity (Wildman–Crippen MR) is 90.3 cm³/mol. The van der Waals surface area contributed by atoms with E-state index in [0.29, 0.717) is 11.6 Å². The van der Waals surface area contributed by atoms with Crippen LogP contribution in [0.4, 0.5) is 0 Å². The van der Waals surface area contributed by atoms with Crippen LogP contribution in [-0.2, 0) is 6.54 Å². The van der Waals surface area contributed by atoms with E-state index in [4.69, 9.17) is 4.42 Å². The van der Waals surface area contributed by atoms with Gasteiger partial charge in [-0.3, -0.25) is 9.69 Å². The summed E-state index contributed by atoms with van der Waals surface area (Å²) in [5.74, 6) is 1.34. The van der Waals surface area contributed by atoms with Crippen molar-refractivity contribution in [3.8, 4) is 0 Å². The van der Waals surface area contributed by atoms with E-state index >= 15 is 0 Å². The summed E-state index contributed by atoms with van der Waals surface area (Å²) in [5, 5.41) is 3.12. The lowest BCUT2D eigenvalue weighted by Gasteiger charge is -2.31. The molecule has 1 aliphatic heterocycles. The second-order valence-electron chi connectivity index (χ2n) is 7.06. The van der Waals surface area contributed by atoms with Gasteiger partial charge in [0.2, 0.25) is 0 Å². The summed E-state index contributed by atoms with van der Waals surface area (Å²) in [6.45, 7) is 3.35. The Balaban J connectivity index is 1.31. The van der Waals surface area contributed by atoms with Crippen LogP contribution in [0.1, 0.15) is 35.3 Å². The topological polar surface area (TPSA) is 58.4 Å². The predicted octanol–water partition coefficient (Wildman–Crippen LogP) is 2.71. The zero-order chi connectivity index (χ0) is 16.4.